The topological polar surface area (TPSA) is 119 Å². The maximum atomic E-state index is 12.0. The van der Waals surface area contributed by atoms with Crippen molar-refractivity contribution < 1.29 is 14.7 Å². The highest BCUT2D eigenvalue weighted by Gasteiger charge is 2.27. The number of carboxylic acid groups (broad SMARTS) is 1. The van der Waals surface area contributed by atoms with Gasteiger partial charge in [0.15, 0.2) is 0 Å². The van der Waals surface area contributed by atoms with Crippen LogP contribution in [0.25, 0.3) is 32.9 Å². The van der Waals surface area contributed by atoms with Crippen molar-refractivity contribution in [3.63, 3.8) is 0 Å². The largest absolute Gasteiger partial charge is 0.480 e. The monoisotopic (exact) mass is 604 g/mol. The van der Waals surface area contributed by atoms with Gasteiger partial charge in [0.05, 0.1) is 38.3 Å². The van der Waals surface area contributed by atoms with E-state index in [2.05, 4.69) is 40.4 Å². The van der Waals surface area contributed by atoms with Gasteiger partial charge in [-0.2, -0.15) is 5.26 Å². The van der Waals surface area contributed by atoms with Crippen molar-refractivity contribution in [1.82, 2.24) is 15.3 Å². The number of rotatable bonds is 5. The summed E-state index contributed by atoms with van der Waals surface area (Å²) in [4.78, 5) is 30.3. The molecule has 1 aliphatic rings. The van der Waals surface area contributed by atoms with Crippen molar-refractivity contribution in [1.29, 1.82) is 5.26 Å². The molecular weight excluding hydrogens is 583 g/mol. The van der Waals surface area contributed by atoms with E-state index in [0.29, 0.717) is 22.0 Å². The predicted octanol–water partition coefficient (Wildman–Crippen LogP) is 7.90. The van der Waals surface area contributed by atoms with E-state index in [1.54, 1.807) is 24.4 Å². The number of nitrogens with one attached hydrogen (secondary N) is 2. The number of nitrogens with zero attached hydrogens (tertiary/aromatic N) is 2. The first kappa shape index (κ1) is 28.4. The molecule has 2 heterocycles. The number of hydrogen-bond acceptors (Lipinski definition) is 4. The fourth-order valence-electron chi connectivity index (χ4n) is 4.63. The number of hydrogen-bond donors (Lipinski definition) is 3. The molecule has 0 unspecified atom stereocenters. The molecule has 6 rings (SSSR count). The molecule has 1 saturated carbocycles. The molecule has 1 amide bonds. The third-order valence-corrected chi connectivity index (χ3v) is 7.84. The Morgan fingerprint density at radius 3 is 2.51 bits per heavy atom. The average molecular weight is 606 g/mol. The number of fused-ring (bicyclic) bond motifs is 2. The Morgan fingerprint density at radius 1 is 1.07 bits per heavy atom. The second-order valence-electron chi connectivity index (χ2n) is 9.72. The Labute approximate surface area is 250 Å². The van der Waals surface area contributed by atoms with E-state index in [9.17, 15) is 9.59 Å². The predicted molar refractivity (Wildman–Crippen MR) is 162 cm³/mol. The van der Waals surface area contributed by atoms with Crippen LogP contribution < -0.4 is 5.32 Å². The number of carbonyl (C=O) groups excluding carboxylic acids is 1. The Balaban J connectivity index is 0.000000165. The van der Waals surface area contributed by atoms with Crippen LogP contribution in [0, 0.1) is 18.3 Å². The maximum absolute atomic E-state index is 12.0. The highest BCUT2D eigenvalue weighted by Crippen LogP contribution is 2.42. The fourth-order valence-corrected chi connectivity index (χ4v) is 5.60. The molecule has 206 valence electrons. The van der Waals surface area contributed by atoms with E-state index in [1.807, 2.05) is 24.3 Å². The molecular formula is C31H23Cl3N4O3. The number of benzene rings is 3. The zero-order chi connectivity index (χ0) is 29.3. The maximum Gasteiger partial charge on any atom is 0.322 e. The highest BCUT2D eigenvalue weighted by atomic mass is 35.5. The Bertz CT molecular complexity index is 1870. The number of H-pyrrole nitrogens is 1. The van der Waals surface area contributed by atoms with Gasteiger partial charge in [0.1, 0.15) is 6.54 Å². The lowest BCUT2D eigenvalue weighted by Gasteiger charge is -2.10. The van der Waals surface area contributed by atoms with Gasteiger partial charge in [0, 0.05) is 38.8 Å². The van der Waals surface area contributed by atoms with Gasteiger partial charge in [-0.15, -0.1) is 0 Å². The van der Waals surface area contributed by atoms with Crippen LogP contribution in [-0.2, 0) is 4.79 Å². The number of nitriles is 1. The van der Waals surface area contributed by atoms with Gasteiger partial charge in [-0.1, -0.05) is 59.1 Å². The number of aryl methyl sites for hydroxylation is 1. The number of carboxylic acids is 1. The molecule has 41 heavy (non-hydrogen) atoms. The van der Waals surface area contributed by atoms with Crippen LogP contribution in [0.2, 0.25) is 15.1 Å². The standard InChI is InChI=1S/C17H11ClN2.C14H12Cl2N2O3/c1-11-4-6-15(17-13(11)3-2-8-20-17)14-7-5-12(10-19)9-16(14)18;15-8-3-7-4-9(6-1-2-6)18-13(7)12(16)11(8)14(21)17-5-10(19)20/h2-9H,1H3;3-4,6,18H,1-2,5H2,(H,17,21)(H,19,20). The molecule has 10 heteroatoms. The smallest absolute Gasteiger partial charge is 0.322 e. The summed E-state index contributed by atoms with van der Waals surface area (Å²) in [6.07, 6.45) is 4.07. The summed E-state index contributed by atoms with van der Waals surface area (Å²) in [5, 5.41) is 22.7. The number of pyridine rings is 1. The van der Waals surface area contributed by atoms with Gasteiger partial charge in [-0.3, -0.25) is 14.6 Å². The minimum atomic E-state index is -1.13. The lowest BCUT2D eigenvalue weighted by molar-refractivity contribution is -0.135. The zero-order valence-electron chi connectivity index (χ0n) is 21.8. The molecule has 0 radical (unpaired) electrons. The van der Waals surface area contributed by atoms with E-state index >= 15 is 0 Å². The van der Waals surface area contributed by atoms with Gasteiger partial charge in [-0.05, 0) is 61.6 Å². The molecule has 7 nitrogen and oxygen atoms in total. The SMILES string of the molecule is Cc1ccc(-c2ccc(C#N)cc2Cl)c2ncccc12.O=C(O)CNC(=O)c1c(Cl)cc2cc(C3CC3)[nH]c2c1Cl. The second-order valence-corrected chi connectivity index (χ2v) is 10.9. The van der Waals surface area contributed by atoms with Crippen LogP contribution in [0.15, 0.2) is 60.8 Å². The van der Waals surface area contributed by atoms with Crippen LogP contribution in [0.4, 0.5) is 0 Å². The van der Waals surface area contributed by atoms with Crippen LogP contribution in [0.5, 0.6) is 0 Å². The molecule has 3 N–H and O–H groups in total. The lowest BCUT2D eigenvalue weighted by atomic mass is 9.98. The number of carbonyl (C=O) groups is 2. The van der Waals surface area contributed by atoms with Crippen molar-refractivity contribution in [3.05, 3.63) is 98.2 Å². The van der Waals surface area contributed by atoms with Crippen LogP contribution in [0.1, 0.15) is 45.9 Å². The molecule has 1 fully saturated rings. The summed E-state index contributed by atoms with van der Waals surface area (Å²) in [7, 11) is 0. The highest BCUT2D eigenvalue weighted by molar-refractivity contribution is 6.43. The zero-order valence-corrected chi connectivity index (χ0v) is 24.0. The molecule has 3 aromatic carbocycles. The van der Waals surface area contributed by atoms with Crippen molar-refractivity contribution >= 4 is 68.5 Å². The lowest BCUT2D eigenvalue weighted by Crippen LogP contribution is -2.29. The number of aromatic nitrogens is 2. The molecule has 5 aromatic rings. The van der Waals surface area contributed by atoms with Gasteiger partial charge >= 0.3 is 5.97 Å². The van der Waals surface area contributed by atoms with Crippen LogP contribution in [-0.4, -0.2) is 33.5 Å². The summed E-state index contributed by atoms with van der Waals surface area (Å²) in [5.74, 6) is -1.21. The molecule has 1 aliphatic carbocycles. The first-order valence-electron chi connectivity index (χ1n) is 12.7. The fraction of sp³-hybridized carbons (Fsp3) is 0.161. The Kier molecular flexibility index (Phi) is 8.18. The van der Waals surface area contributed by atoms with Gasteiger partial charge in [-0.25, -0.2) is 0 Å². The van der Waals surface area contributed by atoms with E-state index in [-0.39, 0.29) is 15.6 Å². The Hall–Kier alpha value is -4.09. The molecule has 0 aliphatic heterocycles. The molecule has 0 bridgehead atoms. The third-order valence-electron chi connectivity index (χ3n) is 6.85. The van der Waals surface area contributed by atoms with Gasteiger partial charge in [0.2, 0.25) is 0 Å². The van der Waals surface area contributed by atoms with Crippen molar-refractivity contribution in [2.45, 2.75) is 25.7 Å². The molecule has 2 aromatic heterocycles. The molecule has 0 saturated heterocycles. The van der Waals surface area contributed by atoms with E-state index in [4.69, 9.17) is 45.2 Å². The molecule has 0 spiro atoms. The molecule has 0 atom stereocenters. The van der Waals surface area contributed by atoms with Crippen LogP contribution >= 0.6 is 34.8 Å². The normalized spacial score (nSPS) is 12.5. The number of halogens is 3. The average Bonchev–Trinajstić information content (AvgIpc) is 3.72. The van der Waals surface area contributed by atoms with Gasteiger partial charge < -0.3 is 15.4 Å². The number of aliphatic carboxylic acids is 1. The number of amides is 1. The summed E-state index contributed by atoms with van der Waals surface area (Å²) >= 11 is 18.7. The van der Waals surface area contributed by atoms with E-state index < -0.39 is 18.4 Å². The summed E-state index contributed by atoms with van der Waals surface area (Å²) in [6.45, 7) is 1.58. The second kappa shape index (κ2) is 11.8. The van der Waals surface area contributed by atoms with Gasteiger partial charge in [0.25, 0.3) is 5.91 Å². The van der Waals surface area contributed by atoms with E-state index in [0.717, 1.165) is 46.0 Å². The quantitative estimate of drug-likeness (QED) is 0.188. The summed E-state index contributed by atoms with van der Waals surface area (Å²) in [5.41, 5.74) is 6.39. The minimum absolute atomic E-state index is 0.0938. The summed E-state index contributed by atoms with van der Waals surface area (Å²) in [6, 6.07) is 19.2. The first-order valence-corrected chi connectivity index (χ1v) is 13.9. The summed E-state index contributed by atoms with van der Waals surface area (Å²) < 4.78 is 0. The van der Waals surface area contributed by atoms with Crippen LogP contribution in [0.3, 0.4) is 0 Å². The van der Waals surface area contributed by atoms with Crippen molar-refractivity contribution in [3.8, 4) is 17.2 Å². The van der Waals surface area contributed by atoms with Crippen molar-refractivity contribution in [2.75, 3.05) is 6.54 Å². The minimum Gasteiger partial charge on any atom is -0.480 e. The van der Waals surface area contributed by atoms with Crippen molar-refractivity contribution in [2.24, 2.45) is 0 Å². The Morgan fingerprint density at radius 2 is 1.83 bits per heavy atom. The number of aromatic amines is 1. The third kappa shape index (κ3) is 6.01. The first-order chi connectivity index (χ1) is 19.7. The van der Waals surface area contributed by atoms with E-state index in [1.165, 1.54) is 5.56 Å².